The first-order chi connectivity index (χ1) is 22.9. The number of piperazine rings is 1. The molecule has 1 saturated heterocycles. The zero-order chi connectivity index (χ0) is 34.6. The number of rotatable bonds is 8. The number of amides is 2. The summed E-state index contributed by atoms with van der Waals surface area (Å²) in [4.78, 5) is 42.1. The smallest absolute Gasteiger partial charge is 0.410 e. The third kappa shape index (κ3) is 7.84. The zero-order valence-corrected chi connectivity index (χ0v) is 28.8. The Morgan fingerprint density at radius 3 is 2.27 bits per heavy atom. The molecule has 3 aromatic carbocycles. The summed E-state index contributed by atoms with van der Waals surface area (Å²) in [7, 11) is 4.73. The minimum absolute atomic E-state index is 0.163. The van der Waals surface area contributed by atoms with Gasteiger partial charge in [-0.3, -0.25) is 9.69 Å². The quantitative estimate of drug-likeness (QED) is 0.238. The number of fused-ring (bicyclic) bond motifs is 3. The molecule has 1 aliphatic heterocycles. The van der Waals surface area contributed by atoms with Gasteiger partial charge >= 0.3 is 12.1 Å². The van der Waals surface area contributed by atoms with Crippen molar-refractivity contribution in [1.29, 1.82) is 0 Å². The molecule has 1 N–H and O–H groups in total. The molecular weight excluding hydrogens is 614 g/mol. The van der Waals surface area contributed by atoms with E-state index in [1.807, 2.05) is 57.2 Å². The summed E-state index contributed by atoms with van der Waals surface area (Å²) in [6.45, 7) is 10.3. The molecule has 0 spiro atoms. The summed E-state index contributed by atoms with van der Waals surface area (Å²) in [5, 5.41) is 3.07. The number of hydrogen-bond donors (Lipinski definition) is 1. The highest BCUT2D eigenvalue weighted by atomic mass is 16.6. The molecular formula is C37H45N3O8. The van der Waals surface area contributed by atoms with Gasteiger partial charge in [0.15, 0.2) is 11.5 Å². The Labute approximate surface area is 282 Å². The molecule has 48 heavy (non-hydrogen) atoms. The third-order valence-electron chi connectivity index (χ3n) is 8.46. The van der Waals surface area contributed by atoms with E-state index < -0.39 is 11.6 Å². The average molecular weight is 660 g/mol. The number of benzene rings is 3. The maximum absolute atomic E-state index is 13.4. The van der Waals surface area contributed by atoms with Crippen LogP contribution >= 0.6 is 0 Å². The summed E-state index contributed by atoms with van der Waals surface area (Å²) in [6, 6.07) is 14.5. The highest BCUT2D eigenvalue weighted by Gasteiger charge is 2.30. The van der Waals surface area contributed by atoms with E-state index in [0.29, 0.717) is 74.1 Å². The summed E-state index contributed by atoms with van der Waals surface area (Å²) in [6.07, 6.45) is 0.962. The maximum atomic E-state index is 13.4. The van der Waals surface area contributed by atoms with Crippen LogP contribution in [0.15, 0.2) is 48.5 Å². The Morgan fingerprint density at radius 1 is 0.896 bits per heavy atom. The van der Waals surface area contributed by atoms with E-state index in [1.54, 1.807) is 38.4 Å². The van der Waals surface area contributed by atoms with Crippen molar-refractivity contribution in [2.75, 3.05) is 47.5 Å². The fraction of sp³-hybridized carbons (Fsp3) is 0.432. The summed E-state index contributed by atoms with van der Waals surface area (Å²) in [5.41, 5.74) is 4.35. The molecule has 1 aliphatic carbocycles. The number of methoxy groups -OCH3 is 3. The van der Waals surface area contributed by atoms with Crippen molar-refractivity contribution in [2.45, 2.75) is 58.7 Å². The van der Waals surface area contributed by atoms with E-state index in [-0.39, 0.29) is 18.0 Å². The molecule has 1 heterocycles. The first-order valence-electron chi connectivity index (χ1n) is 16.2. The van der Waals surface area contributed by atoms with E-state index in [9.17, 15) is 14.4 Å². The molecule has 1 fully saturated rings. The van der Waals surface area contributed by atoms with Crippen LogP contribution in [0.25, 0.3) is 11.1 Å². The standard InChI is InChI=1S/C37H45N3O8/c1-23(41)38-30-14-11-25-20-31(44-5)33(45-6)34(46-7)32(25)28-13-12-27(21-29(28)30)47-35(42)26-10-8-9-24(19-26)22-39-15-17-40(18-16-39)36(43)48-37(2,3)4/h8-10,12-13,19-21,30H,11,14-18,22H2,1-7H3,(H,38,41)/t30-/m0/s1. The van der Waals surface area contributed by atoms with Gasteiger partial charge in [-0.05, 0) is 86.2 Å². The van der Waals surface area contributed by atoms with Crippen molar-refractivity contribution in [3.63, 3.8) is 0 Å². The normalized spacial score (nSPS) is 16.1. The second-order valence-electron chi connectivity index (χ2n) is 13.1. The van der Waals surface area contributed by atoms with Crippen LogP contribution in [0.4, 0.5) is 4.79 Å². The molecule has 11 heteroatoms. The number of ether oxygens (including phenoxy) is 5. The molecule has 0 unspecified atom stereocenters. The number of nitrogens with zero attached hydrogens (tertiary/aromatic N) is 2. The lowest BCUT2D eigenvalue weighted by atomic mass is 9.93. The van der Waals surface area contributed by atoms with Gasteiger partial charge in [-0.25, -0.2) is 9.59 Å². The highest BCUT2D eigenvalue weighted by molar-refractivity contribution is 5.91. The molecule has 2 amide bonds. The molecule has 0 saturated carbocycles. The monoisotopic (exact) mass is 659 g/mol. The fourth-order valence-corrected chi connectivity index (χ4v) is 6.31. The number of esters is 1. The topological polar surface area (TPSA) is 116 Å². The Morgan fingerprint density at radius 2 is 1.62 bits per heavy atom. The second-order valence-corrected chi connectivity index (χ2v) is 13.1. The van der Waals surface area contributed by atoms with Crippen LogP contribution in [0.5, 0.6) is 23.0 Å². The van der Waals surface area contributed by atoms with E-state index in [1.165, 1.54) is 6.92 Å². The van der Waals surface area contributed by atoms with Gasteiger partial charge in [-0.1, -0.05) is 18.2 Å². The first-order valence-corrected chi connectivity index (χ1v) is 16.2. The number of hydrogen-bond acceptors (Lipinski definition) is 9. The lowest BCUT2D eigenvalue weighted by Gasteiger charge is -2.35. The van der Waals surface area contributed by atoms with Crippen LogP contribution in [0, 0.1) is 0 Å². The number of aryl methyl sites for hydroxylation is 1. The Bertz CT molecular complexity index is 1670. The van der Waals surface area contributed by atoms with Gasteiger partial charge in [-0.15, -0.1) is 0 Å². The number of nitrogens with one attached hydrogen (secondary N) is 1. The van der Waals surface area contributed by atoms with Crippen molar-refractivity contribution in [2.24, 2.45) is 0 Å². The summed E-state index contributed by atoms with van der Waals surface area (Å²) < 4.78 is 28.5. The molecule has 11 nitrogen and oxygen atoms in total. The predicted octanol–water partition coefficient (Wildman–Crippen LogP) is 5.77. The minimum atomic E-state index is -0.531. The van der Waals surface area contributed by atoms with E-state index in [2.05, 4.69) is 10.2 Å². The molecule has 3 aromatic rings. The Balaban J connectivity index is 1.35. The first kappa shape index (κ1) is 34.6. The molecule has 0 aromatic heterocycles. The number of carbonyl (C=O) groups is 3. The summed E-state index contributed by atoms with van der Waals surface area (Å²) in [5.74, 6) is 1.28. The van der Waals surface area contributed by atoms with Crippen molar-refractivity contribution >= 4 is 18.0 Å². The van der Waals surface area contributed by atoms with Crippen LogP contribution in [0.3, 0.4) is 0 Å². The van der Waals surface area contributed by atoms with E-state index in [4.69, 9.17) is 23.7 Å². The Hall–Kier alpha value is -4.77. The lowest BCUT2D eigenvalue weighted by Crippen LogP contribution is -2.49. The maximum Gasteiger partial charge on any atom is 0.410 e. The fourth-order valence-electron chi connectivity index (χ4n) is 6.31. The van der Waals surface area contributed by atoms with Crippen molar-refractivity contribution in [3.05, 3.63) is 70.8 Å². The highest BCUT2D eigenvalue weighted by Crippen LogP contribution is 2.51. The minimum Gasteiger partial charge on any atom is -0.493 e. The lowest BCUT2D eigenvalue weighted by molar-refractivity contribution is -0.119. The van der Waals surface area contributed by atoms with Gasteiger partial charge in [0.05, 0.1) is 32.9 Å². The molecule has 256 valence electrons. The SMILES string of the molecule is COc1cc2c(c(OC)c1OC)-c1ccc(OC(=O)c3cccc(CN4CCN(C(=O)OC(C)(C)C)CC4)c3)cc1[C@@H](NC(C)=O)CC2. The van der Waals surface area contributed by atoms with Crippen LogP contribution in [-0.4, -0.2) is 80.9 Å². The van der Waals surface area contributed by atoms with E-state index >= 15 is 0 Å². The van der Waals surface area contributed by atoms with E-state index in [0.717, 1.165) is 27.8 Å². The third-order valence-corrected chi connectivity index (χ3v) is 8.46. The van der Waals surface area contributed by atoms with Crippen LogP contribution in [0.1, 0.15) is 67.2 Å². The van der Waals surface area contributed by atoms with Crippen molar-refractivity contribution < 1.29 is 38.1 Å². The molecule has 0 radical (unpaired) electrons. The molecule has 2 aliphatic rings. The number of carbonyl (C=O) groups excluding carboxylic acids is 3. The second kappa shape index (κ2) is 14.6. The van der Waals surface area contributed by atoms with Gasteiger partial charge in [0.25, 0.3) is 0 Å². The molecule has 1 atom stereocenters. The summed E-state index contributed by atoms with van der Waals surface area (Å²) >= 11 is 0. The van der Waals surface area contributed by atoms with Crippen LogP contribution < -0.4 is 24.3 Å². The van der Waals surface area contributed by atoms with Crippen molar-refractivity contribution in [3.8, 4) is 34.1 Å². The zero-order valence-electron chi connectivity index (χ0n) is 28.8. The van der Waals surface area contributed by atoms with Gasteiger partial charge in [-0.2, -0.15) is 0 Å². The average Bonchev–Trinajstić information content (AvgIpc) is 3.19. The van der Waals surface area contributed by atoms with Crippen LogP contribution in [-0.2, 0) is 22.5 Å². The Kier molecular flexibility index (Phi) is 10.5. The molecule has 5 rings (SSSR count). The van der Waals surface area contributed by atoms with Crippen molar-refractivity contribution in [1.82, 2.24) is 15.1 Å². The van der Waals surface area contributed by atoms with Gasteiger partial charge in [0.1, 0.15) is 11.4 Å². The van der Waals surface area contributed by atoms with Gasteiger partial charge in [0, 0.05) is 45.2 Å². The van der Waals surface area contributed by atoms with Gasteiger partial charge < -0.3 is 33.9 Å². The molecule has 0 bridgehead atoms. The van der Waals surface area contributed by atoms with Crippen LogP contribution in [0.2, 0.25) is 0 Å². The van der Waals surface area contributed by atoms with Gasteiger partial charge in [0.2, 0.25) is 11.7 Å². The predicted molar refractivity (Wildman–Crippen MR) is 181 cm³/mol. The largest absolute Gasteiger partial charge is 0.493 e.